The molecule has 0 aromatic heterocycles. The summed E-state index contributed by atoms with van der Waals surface area (Å²) in [4.78, 5) is 14.4. The Hall–Kier alpha value is -1.35. The van der Waals surface area contributed by atoms with E-state index < -0.39 is 0 Å². The van der Waals surface area contributed by atoms with Crippen LogP contribution in [0.5, 0.6) is 0 Å². The van der Waals surface area contributed by atoms with Crippen molar-refractivity contribution in [2.24, 2.45) is 5.41 Å². The standard InChI is InChI=1S/C15H21NO2/c1-16-10-6-9-15(12-16,14(17)18-2)11-13-7-4-3-5-8-13/h3-5,7-8H,6,9-12H2,1-2H3. The van der Waals surface area contributed by atoms with E-state index in [1.807, 2.05) is 18.2 Å². The Morgan fingerprint density at radius 1 is 1.39 bits per heavy atom. The van der Waals surface area contributed by atoms with Crippen LogP contribution in [0.3, 0.4) is 0 Å². The van der Waals surface area contributed by atoms with E-state index in [4.69, 9.17) is 4.74 Å². The van der Waals surface area contributed by atoms with E-state index in [0.29, 0.717) is 0 Å². The molecule has 0 spiro atoms. The van der Waals surface area contributed by atoms with Crippen LogP contribution in [0.1, 0.15) is 18.4 Å². The average molecular weight is 247 g/mol. The molecule has 3 heteroatoms. The van der Waals surface area contributed by atoms with E-state index in [9.17, 15) is 4.79 Å². The number of piperidine rings is 1. The van der Waals surface area contributed by atoms with Gasteiger partial charge in [-0.2, -0.15) is 0 Å². The lowest BCUT2D eigenvalue weighted by Crippen LogP contribution is -2.48. The highest BCUT2D eigenvalue weighted by atomic mass is 16.5. The van der Waals surface area contributed by atoms with E-state index in [2.05, 4.69) is 24.1 Å². The van der Waals surface area contributed by atoms with Crippen molar-refractivity contribution in [2.45, 2.75) is 19.3 Å². The van der Waals surface area contributed by atoms with Gasteiger partial charge in [0.05, 0.1) is 12.5 Å². The molecule has 1 aliphatic rings. The van der Waals surface area contributed by atoms with E-state index >= 15 is 0 Å². The Labute approximate surface area is 109 Å². The summed E-state index contributed by atoms with van der Waals surface area (Å²) in [5, 5.41) is 0. The molecule has 0 aliphatic carbocycles. The summed E-state index contributed by atoms with van der Waals surface area (Å²) >= 11 is 0. The monoisotopic (exact) mass is 247 g/mol. The SMILES string of the molecule is COC(=O)C1(Cc2ccccc2)CCCN(C)C1. The Morgan fingerprint density at radius 3 is 2.72 bits per heavy atom. The van der Waals surface area contributed by atoms with Crippen LogP contribution in [0.4, 0.5) is 0 Å². The molecule has 1 aliphatic heterocycles. The quantitative estimate of drug-likeness (QED) is 0.766. The van der Waals surface area contributed by atoms with Crippen molar-refractivity contribution >= 4 is 5.97 Å². The molecule has 0 bridgehead atoms. The van der Waals surface area contributed by atoms with Crippen molar-refractivity contribution < 1.29 is 9.53 Å². The van der Waals surface area contributed by atoms with E-state index in [0.717, 1.165) is 32.4 Å². The topological polar surface area (TPSA) is 29.5 Å². The molecule has 1 fully saturated rings. The highest BCUT2D eigenvalue weighted by molar-refractivity contribution is 5.77. The molecule has 1 aromatic carbocycles. The fourth-order valence-corrected chi connectivity index (χ4v) is 2.95. The maximum atomic E-state index is 12.2. The molecule has 3 nitrogen and oxygen atoms in total. The van der Waals surface area contributed by atoms with Gasteiger partial charge in [0.2, 0.25) is 0 Å². The molecule has 1 aromatic rings. The van der Waals surface area contributed by atoms with E-state index in [-0.39, 0.29) is 11.4 Å². The number of rotatable bonds is 3. The summed E-state index contributed by atoms with van der Waals surface area (Å²) in [6, 6.07) is 10.2. The van der Waals surface area contributed by atoms with Crippen molar-refractivity contribution in [3.05, 3.63) is 35.9 Å². The van der Waals surface area contributed by atoms with Gasteiger partial charge in [0.15, 0.2) is 0 Å². The van der Waals surface area contributed by atoms with Crippen LogP contribution in [0.25, 0.3) is 0 Å². The fraction of sp³-hybridized carbons (Fsp3) is 0.533. The highest BCUT2D eigenvalue weighted by Crippen LogP contribution is 2.34. The lowest BCUT2D eigenvalue weighted by molar-refractivity contribution is -0.156. The summed E-state index contributed by atoms with van der Waals surface area (Å²) < 4.78 is 5.05. The maximum Gasteiger partial charge on any atom is 0.313 e. The van der Waals surface area contributed by atoms with Gasteiger partial charge >= 0.3 is 5.97 Å². The van der Waals surface area contributed by atoms with Gasteiger partial charge in [-0.05, 0) is 38.4 Å². The number of carbonyl (C=O) groups is 1. The molecule has 0 saturated carbocycles. The number of carbonyl (C=O) groups excluding carboxylic acids is 1. The van der Waals surface area contributed by atoms with E-state index in [1.54, 1.807) is 0 Å². The number of esters is 1. The maximum absolute atomic E-state index is 12.2. The normalized spacial score (nSPS) is 24.8. The number of likely N-dealkylation sites (tertiary alicyclic amines) is 1. The van der Waals surface area contributed by atoms with Gasteiger partial charge < -0.3 is 9.64 Å². The van der Waals surface area contributed by atoms with Crippen molar-refractivity contribution in [3.8, 4) is 0 Å². The van der Waals surface area contributed by atoms with Crippen LogP contribution < -0.4 is 0 Å². The second-order valence-electron chi connectivity index (χ2n) is 5.28. The van der Waals surface area contributed by atoms with Crippen LogP contribution in [-0.2, 0) is 16.0 Å². The van der Waals surface area contributed by atoms with E-state index in [1.165, 1.54) is 12.7 Å². The van der Waals surface area contributed by atoms with Crippen molar-refractivity contribution in [1.29, 1.82) is 0 Å². The Morgan fingerprint density at radius 2 is 2.11 bits per heavy atom. The summed E-state index contributed by atoms with van der Waals surface area (Å²) in [6.45, 7) is 1.85. The zero-order valence-electron chi connectivity index (χ0n) is 11.2. The smallest absolute Gasteiger partial charge is 0.313 e. The van der Waals surface area contributed by atoms with Gasteiger partial charge in [-0.3, -0.25) is 4.79 Å². The van der Waals surface area contributed by atoms with Crippen LogP contribution >= 0.6 is 0 Å². The van der Waals surface area contributed by atoms with Gasteiger partial charge in [0, 0.05) is 6.54 Å². The first kappa shape index (κ1) is 13.1. The summed E-state index contributed by atoms with van der Waals surface area (Å²) in [5.41, 5.74) is 0.835. The zero-order chi connectivity index (χ0) is 13.0. The predicted octanol–water partition coefficient (Wildman–Crippen LogP) is 2.11. The first-order valence-electron chi connectivity index (χ1n) is 6.47. The number of hydrogen-bond donors (Lipinski definition) is 0. The Bertz CT molecular complexity index is 404. The van der Waals surface area contributed by atoms with Crippen molar-refractivity contribution in [3.63, 3.8) is 0 Å². The first-order valence-corrected chi connectivity index (χ1v) is 6.47. The molecule has 18 heavy (non-hydrogen) atoms. The van der Waals surface area contributed by atoms with Crippen molar-refractivity contribution in [1.82, 2.24) is 4.90 Å². The number of benzene rings is 1. The third kappa shape index (κ3) is 2.72. The number of methoxy groups -OCH3 is 1. The van der Waals surface area contributed by atoms with Crippen molar-refractivity contribution in [2.75, 3.05) is 27.2 Å². The number of ether oxygens (including phenoxy) is 1. The van der Waals surface area contributed by atoms with Gasteiger partial charge in [-0.25, -0.2) is 0 Å². The van der Waals surface area contributed by atoms with Crippen LogP contribution in [0.2, 0.25) is 0 Å². The molecule has 0 radical (unpaired) electrons. The summed E-state index contributed by atoms with van der Waals surface area (Å²) in [6.07, 6.45) is 2.74. The van der Waals surface area contributed by atoms with Gasteiger partial charge in [-0.1, -0.05) is 30.3 Å². The second kappa shape index (κ2) is 5.53. The Kier molecular flexibility index (Phi) is 4.02. The minimum atomic E-state index is -0.372. The third-order valence-corrected chi connectivity index (χ3v) is 3.77. The highest BCUT2D eigenvalue weighted by Gasteiger charge is 2.42. The largest absolute Gasteiger partial charge is 0.469 e. The van der Waals surface area contributed by atoms with Crippen LogP contribution in [-0.4, -0.2) is 38.1 Å². The molecular formula is C15H21NO2. The predicted molar refractivity (Wildman–Crippen MR) is 71.3 cm³/mol. The lowest BCUT2D eigenvalue weighted by atomic mass is 9.75. The molecule has 98 valence electrons. The molecular weight excluding hydrogens is 226 g/mol. The van der Waals surface area contributed by atoms with Crippen LogP contribution in [0, 0.1) is 5.41 Å². The minimum Gasteiger partial charge on any atom is -0.469 e. The summed E-state index contributed by atoms with van der Waals surface area (Å²) in [5.74, 6) is -0.0714. The molecule has 1 saturated heterocycles. The number of nitrogens with zero attached hydrogens (tertiary/aromatic N) is 1. The van der Waals surface area contributed by atoms with Gasteiger partial charge in [-0.15, -0.1) is 0 Å². The second-order valence-corrected chi connectivity index (χ2v) is 5.28. The van der Waals surface area contributed by atoms with Gasteiger partial charge in [0.1, 0.15) is 0 Å². The molecule has 1 unspecified atom stereocenters. The molecule has 0 N–H and O–H groups in total. The van der Waals surface area contributed by atoms with Crippen LogP contribution in [0.15, 0.2) is 30.3 Å². The molecule has 0 amide bonds. The molecule has 1 heterocycles. The fourth-order valence-electron chi connectivity index (χ4n) is 2.95. The third-order valence-electron chi connectivity index (χ3n) is 3.77. The zero-order valence-corrected chi connectivity index (χ0v) is 11.2. The molecule has 1 atom stereocenters. The summed E-state index contributed by atoms with van der Waals surface area (Å²) in [7, 11) is 3.56. The van der Waals surface area contributed by atoms with Gasteiger partial charge in [0.25, 0.3) is 0 Å². The minimum absolute atomic E-state index is 0.0714. The lowest BCUT2D eigenvalue weighted by Gasteiger charge is -2.39. The number of hydrogen-bond acceptors (Lipinski definition) is 3. The Balaban J connectivity index is 2.22. The molecule has 2 rings (SSSR count). The first-order chi connectivity index (χ1) is 8.66. The average Bonchev–Trinajstić information content (AvgIpc) is 2.39.